The zero-order chi connectivity index (χ0) is 24.2. The maximum absolute atomic E-state index is 13.0. The van der Waals surface area contributed by atoms with Gasteiger partial charge in [0.05, 0.1) is 16.0 Å². The molecule has 3 aromatic carbocycles. The maximum Gasteiger partial charge on any atom is 0.416 e. The third-order valence-electron chi connectivity index (χ3n) is 4.44. The summed E-state index contributed by atoms with van der Waals surface area (Å²) < 4.78 is 66.9. The number of hydrogen-bond donors (Lipinski definition) is 2. The van der Waals surface area contributed by atoms with Gasteiger partial charge in [-0.1, -0.05) is 36.4 Å². The van der Waals surface area contributed by atoms with Crippen LogP contribution < -0.4 is 10.5 Å². The van der Waals surface area contributed by atoms with Crippen LogP contribution >= 0.6 is 0 Å². The van der Waals surface area contributed by atoms with Crippen LogP contribution in [0, 0.1) is 0 Å². The largest absolute Gasteiger partial charge is 0.444 e. The molecule has 3 aromatic rings. The van der Waals surface area contributed by atoms with Crippen molar-refractivity contribution in [3.05, 3.63) is 95.6 Å². The molecule has 0 radical (unpaired) electrons. The number of amides is 1. The highest BCUT2D eigenvalue weighted by Crippen LogP contribution is 2.31. The fraction of sp³-hybridized carbons (Fsp3) is 0.0909. The van der Waals surface area contributed by atoms with Gasteiger partial charge in [-0.2, -0.15) is 13.2 Å². The zero-order valence-electron chi connectivity index (χ0n) is 16.7. The summed E-state index contributed by atoms with van der Waals surface area (Å²) in [6, 6.07) is 16.4. The molecular weight excluding hydrogens is 461 g/mol. The van der Waals surface area contributed by atoms with Gasteiger partial charge in [0.15, 0.2) is 0 Å². The van der Waals surface area contributed by atoms with E-state index in [-0.39, 0.29) is 21.7 Å². The first-order chi connectivity index (χ1) is 15.4. The van der Waals surface area contributed by atoms with Gasteiger partial charge in [0.2, 0.25) is 16.1 Å². The number of nitrogens with one attached hydrogen (secondary N) is 1. The molecule has 11 heteroatoms. The first kappa shape index (κ1) is 24.0. The molecule has 1 unspecified atom stereocenters. The molecule has 0 fully saturated rings. The van der Waals surface area contributed by atoms with Crippen molar-refractivity contribution in [3.8, 4) is 0 Å². The number of benzene rings is 3. The van der Waals surface area contributed by atoms with E-state index in [4.69, 9.17) is 9.88 Å². The summed E-state index contributed by atoms with van der Waals surface area (Å²) in [6.07, 6.45) is -6.10. The molecular formula is C22H17F3N2O5S. The molecule has 7 nitrogen and oxygen atoms in total. The van der Waals surface area contributed by atoms with Crippen LogP contribution in [-0.4, -0.2) is 20.3 Å². The second-order valence-corrected chi connectivity index (χ2v) is 8.39. The molecule has 0 saturated heterocycles. The Hall–Kier alpha value is -3.70. The molecule has 172 valence electrons. The van der Waals surface area contributed by atoms with Crippen molar-refractivity contribution in [2.24, 2.45) is 5.14 Å². The smallest absolute Gasteiger partial charge is 0.416 e. The molecule has 3 rings (SSSR count). The molecule has 0 aliphatic carbocycles. The van der Waals surface area contributed by atoms with Crippen molar-refractivity contribution in [2.45, 2.75) is 17.2 Å². The van der Waals surface area contributed by atoms with Crippen molar-refractivity contribution in [3.63, 3.8) is 0 Å². The number of hydrogen-bond acceptors (Lipinski definition) is 5. The summed E-state index contributed by atoms with van der Waals surface area (Å²) in [5, 5.41) is 7.35. The van der Waals surface area contributed by atoms with Crippen molar-refractivity contribution in [1.82, 2.24) is 0 Å². The predicted octanol–water partition coefficient (Wildman–Crippen LogP) is 3.89. The Morgan fingerprint density at radius 1 is 0.909 bits per heavy atom. The van der Waals surface area contributed by atoms with E-state index in [1.807, 2.05) is 0 Å². The fourth-order valence-electron chi connectivity index (χ4n) is 2.84. The van der Waals surface area contributed by atoms with Crippen molar-refractivity contribution < 1.29 is 35.9 Å². The second-order valence-electron chi connectivity index (χ2n) is 6.83. The van der Waals surface area contributed by atoms with Gasteiger partial charge in [0, 0.05) is 11.3 Å². The number of sulfonamides is 1. The fourth-order valence-corrected chi connectivity index (χ4v) is 3.35. The molecule has 33 heavy (non-hydrogen) atoms. The van der Waals surface area contributed by atoms with Crippen LogP contribution in [0.4, 0.5) is 18.9 Å². The highest BCUT2D eigenvalue weighted by molar-refractivity contribution is 7.89. The molecule has 0 aliphatic heterocycles. The Morgan fingerprint density at radius 3 is 2.12 bits per heavy atom. The first-order valence-electron chi connectivity index (χ1n) is 9.32. The summed E-state index contributed by atoms with van der Waals surface area (Å²) in [4.78, 5) is 25.2. The highest BCUT2D eigenvalue weighted by atomic mass is 32.2. The number of ether oxygens (including phenoxy) is 1. The number of halogens is 3. The number of anilines is 1. The summed E-state index contributed by atoms with van der Waals surface area (Å²) in [5.74, 6) is -1.83. The van der Waals surface area contributed by atoms with Gasteiger partial charge in [-0.25, -0.2) is 18.4 Å². The molecule has 0 bridgehead atoms. The number of nitrogens with two attached hydrogens (primary N) is 1. The standard InChI is InChI=1S/C22H17F3N2O5S/c23-22(24,25)16-7-4-8-17(13-16)27-20(28)19(14-5-2-1-3-6-14)32-21(29)15-9-11-18(12-10-15)33(26,30)31/h1-13,19H,(H,27,28)(H2,26,30,31). The number of esters is 1. The highest BCUT2D eigenvalue weighted by Gasteiger charge is 2.31. The van der Waals surface area contributed by atoms with E-state index in [9.17, 15) is 31.2 Å². The maximum atomic E-state index is 13.0. The Balaban J connectivity index is 1.85. The van der Waals surface area contributed by atoms with Gasteiger partial charge < -0.3 is 10.1 Å². The van der Waals surface area contributed by atoms with Gasteiger partial charge in [-0.3, -0.25) is 4.79 Å². The molecule has 1 amide bonds. The predicted molar refractivity (Wildman–Crippen MR) is 112 cm³/mol. The van der Waals surface area contributed by atoms with E-state index in [1.165, 1.54) is 18.2 Å². The third kappa shape index (κ3) is 6.18. The van der Waals surface area contributed by atoms with E-state index < -0.39 is 39.7 Å². The minimum Gasteiger partial charge on any atom is -0.444 e. The van der Waals surface area contributed by atoms with E-state index in [0.717, 1.165) is 42.5 Å². The van der Waals surface area contributed by atoms with E-state index in [1.54, 1.807) is 18.2 Å². The molecule has 0 saturated carbocycles. The van der Waals surface area contributed by atoms with E-state index in [2.05, 4.69) is 5.32 Å². The number of rotatable bonds is 6. The second kappa shape index (κ2) is 9.43. The Morgan fingerprint density at radius 2 is 1.55 bits per heavy atom. The Kier molecular flexibility index (Phi) is 6.84. The van der Waals surface area contributed by atoms with Gasteiger partial charge >= 0.3 is 12.1 Å². The van der Waals surface area contributed by atoms with Gasteiger partial charge in [0.25, 0.3) is 5.91 Å². The first-order valence-corrected chi connectivity index (χ1v) is 10.9. The minimum absolute atomic E-state index is 0.0600. The average Bonchev–Trinajstić information content (AvgIpc) is 2.77. The SMILES string of the molecule is NS(=O)(=O)c1ccc(C(=O)OC(C(=O)Nc2cccc(C(F)(F)F)c2)c2ccccc2)cc1. The molecule has 3 N–H and O–H groups in total. The lowest BCUT2D eigenvalue weighted by Gasteiger charge is -2.19. The Labute approximate surface area is 187 Å². The van der Waals surface area contributed by atoms with Crippen LogP contribution in [-0.2, 0) is 25.7 Å². The van der Waals surface area contributed by atoms with E-state index in [0.29, 0.717) is 0 Å². The number of carbonyl (C=O) groups is 2. The lowest BCUT2D eigenvalue weighted by Crippen LogP contribution is -2.26. The summed E-state index contributed by atoms with van der Waals surface area (Å²) in [5.41, 5.74) is -0.875. The Bertz CT molecular complexity index is 1260. The third-order valence-corrected chi connectivity index (χ3v) is 5.37. The van der Waals surface area contributed by atoms with Gasteiger partial charge in [-0.05, 0) is 42.5 Å². The zero-order valence-corrected chi connectivity index (χ0v) is 17.6. The van der Waals surface area contributed by atoms with Crippen LogP contribution in [0.3, 0.4) is 0 Å². The lowest BCUT2D eigenvalue weighted by atomic mass is 10.1. The lowest BCUT2D eigenvalue weighted by molar-refractivity contribution is -0.137. The molecule has 0 heterocycles. The molecule has 0 aromatic heterocycles. The normalized spacial score (nSPS) is 12.6. The molecule has 0 spiro atoms. The summed E-state index contributed by atoms with van der Waals surface area (Å²) >= 11 is 0. The van der Waals surface area contributed by atoms with Crippen LogP contribution in [0.1, 0.15) is 27.6 Å². The van der Waals surface area contributed by atoms with E-state index >= 15 is 0 Å². The summed E-state index contributed by atoms with van der Waals surface area (Å²) in [6.45, 7) is 0. The van der Waals surface area contributed by atoms with Crippen molar-refractivity contribution in [1.29, 1.82) is 0 Å². The number of primary sulfonamides is 1. The summed E-state index contributed by atoms with van der Waals surface area (Å²) in [7, 11) is -3.97. The van der Waals surface area contributed by atoms with Gasteiger partial charge in [-0.15, -0.1) is 0 Å². The number of carbonyl (C=O) groups excluding carboxylic acids is 2. The minimum atomic E-state index is -4.60. The van der Waals surface area contributed by atoms with Crippen molar-refractivity contribution >= 4 is 27.6 Å². The molecule has 1 atom stereocenters. The number of alkyl halides is 3. The molecule has 0 aliphatic rings. The van der Waals surface area contributed by atoms with Crippen LogP contribution in [0.15, 0.2) is 83.8 Å². The monoisotopic (exact) mass is 478 g/mol. The topological polar surface area (TPSA) is 116 Å². The quantitative estimate of drug-likeness (QED) is 0.522. The van der Waals surface area contributed by atoms with Crippen LogP contribution in [0.2, 0.25) is 0 Å². The van der Waals surface area contributed by atoms with Gasteiger partial charge in [0.1, 0.15) is 0 Å². The van der Waals surface area contributed by atoms with Crippen LogP contribution in [0.25, 0.3) is 0 Å². The average molecular weight is 478 g/mol. The van der Waals surface area contributed by atoms with Crippen molar-refractivity contribution in [2.75, 3.05) is 5.32 Å². The van der Waals surface area contributed by atoms with Crippen LogP contribution in [0.5, 0.6) is 0 Å².